The molecule has 6 heteroatoms. The third-order valence-electron chi connectivity index (χ3n) is 1.90. The number of hydrogen-bond acceptors (Lipinski definition) is 4. The zero-order chi connectivity index (χ0) is 11.4. The molecule has 0 aromatic carbocycles. The maximum absolute atomic E-state index is 11.4. The Morgan fingerprint density at radius 1 is 1.53 bits per heavy atom. The molecule has 0 spiro atoms. The fourth-order valence-corrected chi connectivity index (χ4v) is 1.98. The van der Waals surface area contributed by atoms with Crippen LogP contribution in [0.2, 0.25) is 0 Å². The van der Waals surface area contributed by atoms with Crippen molar-refractivity contribution in [2.24, 2.45) is 0 Å². The number of terminal acetylenes is 1. The zero-order valence-corrected chi connectivity index (χ0v) is 8.62. The largest absolute Gasteiger partial charge is 0.480 e. The van der Waals surface area contributed by atoms with Crippen molar-refractivity contribution in [3.63, 3.8) is 0 Å². The molecule has 1 saturated heterocycles. The average Bonchev–Trinajstić information content (AvgIpc) is 2.15. The van der Waals surface area contributed by atoms with Crippen LogP contribution in [0.4, 0.5) is 0 Å². The molecular formula is C9H9NO4S. The maximum atomic E-state index is 11.4. The molecule has 1 unspecified atom stereocenters. The Labute approximate surface area is 90.8 Å². The summed E-state index contributed by atoms with van der Waals surface area (Å²) in [6, 6.07) is -1.23. The van der Waals surface area contributed by atoms with Crippen LogP contribution in [0.3, 0.4) is 0 Å². The van der Waals surface area contributed by atoms with Crippen LogP contribution in [-0.2, 0) is 14.4 Å². The smallest absolute Gasteiger partial charge is 0.327 e. The third-order valence-corrected chi connectivity index (χ3v) is 2.80. The predicted molar refractivity (Wildman–Crippen MR) is 54.1 cm³/mol. The van der Waals surface area contributed by atoms with Crippen molar-refractivity contribution in [1.29, 1.82) is 0 Å². The van der Waals surface area contributed by atoms with E-state index in [-0.39, 0.29) is 17.9 Å². The van der Waals surface area contributed by atoms with Crippen molar-refractivity contribution >= 4 is 29.5 Å². The van der Waals surface area contributed by atoms with Gasteiger partial charge in [0.25, 0.3) is 0 Å². The highest BCUT2D eigenvalue weighted by molar-refractivity contribution is 8.00. The van der Waals surface area contributed by atoms with Crippen LogP contribution >= 0.6 is 11.8 Å². The Balaban J connectivity index is 2.89. The van der Waals surface area contributed by atoms with Crippen LogP contribution in [0.25, 0.3) is 0 Å². The van der Waals surface area contributed by atoms with Gasteiger partial charge in [0, 0.05) is 6.42 Å². The van der Waals surface area contributed by atoms with Gasteiger partial charge in [-0.25, -0.2) is 4.79 Å². The second-order valence-electron chi connectivity index (χ2n) is 2.91. The summed E-state index contributed by atoms with van der Waals surface area (Å²) < 4.78 is 0. The summed E-state index contributed by atoms with van der Waals surface area (Å²) in [4.78, 5) is 34.3. The molecule has 0 aromatic heterocycles. The number of nitrogens with zero attached hydrogens (tertiary/aromatic N) is 1. The second kappa shape index (κ2) is 4.84. The van der Waals surface area contributed by atoms with Crippen LogP contribution in [0.15, 0.2) is 0 Å². The third kappa shape index (κ3) is 2.50. The van der Waals surface area contributed by atoms with Gasteiger partial charge in [0.1, 0.15) is 6.04 Å². The molecule has 2 amide bonds. The predicted octanol–water partition coefficient (Wildman–Crippen LogP) is -0.435. The lowest BCUT2D eigenvalue weighted by Crippen LogP contribution is -2.52. The average molecular weight is 227 g/mol. The maximum Gasteiger partial charge on any atom is 0.327 e. The molecule has 1 aliphatic heterocycles. The molecule has 0 saturated carbocycles. The highest BCUT2D eigenvalue weighted by atomic mass is 32.2. The number of hydrogen-bond donors (Lipinski definition) is 1. The minimum Gasteiger partial charge on any atom is -0.480 e. The molecule has 1 atom stereocenters. The van der Waals surface area contributed by atoms with E-state index in [9.17, 15) is 14.4 Å². The van der Waals surface area contributed by atoms with E-state index in [0.717, 1.165) is 4.90 Å². The van der Waals surface area contributed by atoms with Gasteiger partial charge in [-0.2, -0.15) is 0 Å². The van der Waals surface area contributed by atoms with Gasteiger partial charge in [0.2, 0.25) is 11.8 Å². The Kier molecular flexibility index (Phi) is 3.74. The minimum atomic E-state index is -1.25. The van der Waals surface area contributed by atoms with Crippen molar-refractivity contribution in [1.82, 2.24) is 4.90 Å². The highest BCUT2D eigenvalue weighted by Gasteiger charge is 2.36. The van der Waals surface area contributed by atoms with E-state index >= 15 is 0 Å². The first-order valence-corrected chi connectivity index (χ1v) is 5.32. The van der Waals surface area contributed by atoms with Crippen molar-refractivity contribution in [3.05, 3.63) is 0 Å². The molecule has 80 valence electrons. The van der Waals surface area contributed by atoms with E-state index in [1.807, 2.05) is 0 Å². The summed E-state index contributed by atoms with van der Waals surface area (Å²) in [5, 5.41) is 8.84. The van der Waals surface area contributed by atoms with Crippen LogP contribution in [0.1, 0.15) is 6.42 Å². The standard InChI is InChI=1S/C9H9NO4S/c1-2-3-6(9(13)14)10-7(11)4-15-5-8(10)12/h1,6H,3-5H2,(H,13,14). The van der Waals surface area contributed by atoms with Gasteiger partial charge < -0.3 is 5.11 Å². The normalized spacial score (nSPS) is 18.5. The van der Waals surface area contributed by atoms with E-state index in [1.165, 1.54) is 11.8 Å². The lowest BCUT2D eigenvalue weighted by molar-refractivity contribution is -0.156. The number of aliphatic carboxylic acids is 1. The molecule has 0 bridgehead atoms. The summed E-state index contributed by atoms with van der Waals surface area (Å²) in [5.74, 6) is 0.181. The molecule has 1 fully saturated rings. The van der Waals surface area contributed by atoms with E-state index in [0.29, 0.717) is 0 Å². The minimum absolute atomic E-state index is 0.125. The van der Waals surface area contributed by atoms with Gasteiger partial charge in [-0.3, -0.25) is 14.5 Å². The van der Waals surface area contributed by atoms with Gasteiger partial charge in [-0.15, -0.1) is 24.1 Å². The Bertz CT molecular complexity index is 331. The van der Waals surface area contributed by atoms with Crippen molar-refractivity contribution in [2.45, 2.75) is 12.5 Å². The number of carboxylic acids is 1. The molecule has 1 rings (SSSR count). The topological polar surface area (TPSA) is 74.7 Å². The number of rotatable bonds is 3. The van der Waals surface area contributed by atoms with Gasteiger partial charge in [-0.05, 0) is 0 Å². The fourth-order valence-electron chi connectivity index (χ4n) is 1.25. The van der Waals surface area contributed by atoms with Crippen molar-refractivity contribution < 1.29 is 19.5 Å². The van der Waals surface area contributed by atoms with E-state index in [1.54, 1.807) is 0 Å². The van der Waals surface area contributed by atoms with Gasteiger partial charge >= 0.3 is 5.97 Å². The van der Waals surface area contributed by atoms with E-state index in [2.05, 4.69) is 5.92 Å². The van der Waals surface area contributed by atoms with Crippen LogP contribution in [0, 0.1) is 12.3 Å². The van der Waals surface area contributed by atoms with Crippen molar-refractivity contribution in [3.8, 4) is 12.3 Å². The number of imide groups is 1. The van der Waals surface area contributed by atoms with Gasteiger partial charge in [-0.1, -0.05) is 0 Å². The summed E-state index contributed by atoms with van der Waals surface area (Å²) >= 11 is 1.18. The number of carboxylic acid groups (broad SMARTS) is 1. The van der Waals surface area contributed by atoms with Crippen molar-refractivity contribution in [2.75, 3.05) is 11.5 Å². The molecule has 0 aromatic rings. The molecule has 0 aliphatic carbocycles. The zero-order valence-electron chi connectivity index (χ0n) is 7.80. The number of thioether (sulfide) groups is 1. The first-order chi connectivity index (χ1) is 7.07. The number of carbonyl (C=O) groups excluding carboxylic acids is 2. The number of carbonyl (C=O) groups is 3. The quantitative estimate of drug-likeness (QED) is 0.523. The highest BCUT2D eigenvalue weighted by Crippen LogP contribution is 2.16. The molecule has 1 aliphatic rings. The van der Waals surface area contributed by atoms with Gasteiger partial charge in [0.05, 0.1) is 11.5 Å². The van der Waals surface area contributed by atoms with Gasteiger partial charge in [0.15, 0.2) is 0 Å². The SMILES string of the molecule is C#CCC(C(=O)O)N1C(=O)CSCC1=O. The lowest BCUT2D eigenvalue weighted by Gasteiger charge is -2.28. The van der Waals surface area contributed by atoms with Crippen LogP contribution in [0.5, 0.6) is 0 Å². The molecule has 15 heavy (non-hydrogen) atoms. The molecule has 1 heterocycles. The fraction of sp³-hybridized carbons (Fsp3) is 0.444. The molecule has 0 radical (unpaired) electrons. The first kappa shape index (κ1) is 11.6. The summed E-state index contributed by atoms with van der Waals surface area (Å²) in [6.45, 7) is 0. The molecular weight excluding hydrogens is 218 g/mol. The Morgan fingerprint density at radius 3 is 2.47 bits per heavy atom. The Hall–Kier alpha value is -1.48. The summed E-state index contributed by atoms with van der Waals surface area (Å²) in [6.07, 6.45) is 4.84. The van der Waals surface area contributed by atoms with E-state index in [4.69, 9.17) is 11.5 Å². The summed E-state index contributed by atoms with van der Waals surface area (Å²) in [5.41, 5.74) is 0. The molecule has 1 N–H and O–H groups in total. The van der Waals surface area contributed by atoms with Crippen LogP contribution < -0.4 is 0 Å². The summed E-state index contributed by atoms with van der Waals surface area (Å²) in [7, 11) is 0. The van der Waals surface area contributed by atoms with E-state index < -0.39 is 23.8 Å². The number of amides is 2. The molecule has 5 nitrogen and oxygen atoms in total. The monoisotopic (exact) mass is 227 g/mol. The first-order valence-electron chi connectivity index (χ1n) is 4.17. The lowest BCUT2D eigenvalue weighted by atomic mass is 10.1. The Morgan fingerprint density at radius 2 is 2.07 bits per heavy atom. The van der Waals surface area contributed by atoms with Crippen LogP contribution in [-0.4, -0.2) is 45.3 Å². The second-order valence-corrected chi connectivity index (χ2v) is 3.90.